The van der Waals surface area contributed by atoms with E-state index in [1.807, 2.05) is 6.20 Å². The first-order valence-electron chi connectivity index (χ1n) is 7.29. The summed E-state index contributed by atoms with van der Waals surface area (Å²) in [5.74, 6) is 0. The monoisotopic (exact) mass is 247 g/mol. The summed E-state index contributed by atoms with van der Waals surface area (Å²) in [6, 6.07) is 4.81. The number of hydrogen-bond acceptors (Lipinski definition) is 3. The van der Waals surface area contributed by atoms with Crippen molar-refractivity contribution in [3.63, 3.8) is 0 Å². The highest BCUT2D eigenvalue weighted by atomic mass is 15.1. The number of rotatable bonds is 6. The van der Waals surface area contributed by atoms with Crippen molar-refractivity contribution in [2.75, 3.05) is 24.5 Å². The van der Waals surface area contributed by atoms with Crippen molar-refractivity contribution in [3.05, 3.63) is 24.0 Å². The molecule has 0 aromatic carbocycles. The maximum Gasteiger partial charge on any atom is 0.0574 e. The summed E-state index contributed by atoms with van der Waals surface area (Å²) < 4.78 is 0. The van der Waals surface area contributed by atoms with Gasteiger partial charge < -0.3 is 10.2 Å². The zero-order valence-corrected chi connectivity index (χ0v) is 11.7. The summed E-state index contributed by atoms with van der Waals surface area (Å²) in [6.07, 6.45) is 6.93. The third-order valence-corrected chi connectivity index (χ3v) is 3.65. The molecule has 2 rings (SSSR count). The summed E-state index contributed by atoms with van der Waals surface area (Å²) in [5.41, 5.74) is 2.45. The maximum absolute atomic E-state index is 4.64. The van der Waals surface area contributed by atoms with Gasteiger partial charge in [0.25, 0.3) is 0 Å². The summed E-state index contributed by atoms with van der Waals surface area (Å²) in [7, 11) is 0. The lowest BCUT2D eigenvalue weighted by Gasteiger charge is -2.19. The van der Waals surface area contributed by atoms with Crippen molar-refractivity contribution < 1.29 is 0 Å². The van der Waals surface area contributed by atoms with E-state index in [0.717, 1.165) is 13.0 Å². The lowest BCUT2D eigenvalue weighted by atomic mass is 10.1. The second-order valence-electron chi connectivity index (χ2n) is 5.05. The van der Waals surface area contributed by atoms with E-state index in [4.69, 9.17) is 0 Å². The quantitative estimate of drug-likeness (QED) is 0.837. The molecule has 0 saturated carbocycles. The average molecular weight is 247 g/mol. The molecule has 1 aromatic rings. The topological polar surface area (TPSA) is 28.2 Å². The van der Waals surface area contributed by atoms with Gasteiger partial charge in [-0.1, -0.05) is 13.8 Å². The minimum absolute atomic E-state index is 0.401. The second kappa shape index (κ2) is 6.74. The number of hydrogen-bond donors (Lipinski definition) is 1. The molecule has 1 fully saturated rings. The zero-order chi connectivity index (χ0) is 12.8. The van der Waals surface area contributed by atoms with Crippen LogP contribution in [-0.4, -0.2) is 24.6 Å². The molecule has 100 valence electrons. The fourth-order valence-corrected chi connectivity index (χ4v) is 2.54. The smallest absolute Gasteiger partial charge is 0.0574 e. The van der Waals surface area contributed by atoms with Crippen molar-refractivity contribution in [1.29, 1.82) is 0 Å². The molecule has 1 aromatic heterocycles. The van der Waals surface area contributed by atoms with Crippen LogP contribution < -0.4 is 10.2 Å². The Morgan fingerprint density at radius 1 is 1.28 bits per heavy atom. The van der Waals surface area contributed by atoms with Gasteiger partial charge in [-0.05, 0) is 44.4 Å². The van der Waals surface area contributed by atoms with Crippen LogP contribution in [0, 0.1) is 0 Å². The minimum atomic E-state index is 0.401. The predicted octanol–water partition coefficient (Wildman–Crippen LogP) is 3.13. The van der Waals surface area contributed by atoms with Crippen LogP contribution in [0.2, 0.25) is 0 Å². The van der Waals surface area contributed by atoms with Gasteiger partial charge in [-0.2, -0.15) is 0 Å². The van der Waals surface area contributed by atoms with E-state index in [9.17, 15) is 0 Å². The summed E-state index contributed by atoms with van der Waals surface area (Å²) in [6.45, 7) is 7.85. The Kier molecular flexibility index (Phi) is 5.00. The van der Waals surface area contributed by atoms with E-state index in [1.54, 1.807) is 0 Å². The summed E-state index contributed by atoms with van der Waals surface area (Å²) in [5, 5.41) is 3.55. The number of pyridine rings is 1. The molecule has 0 spiro atoms. The minimum Gasteiger partial charge on any atom is -0.370 e. The van der Waals surface area contributed by atoms with Gasteiger partial charge >= 0.3 is 0 Å². The molecule has 18 heavy (non-hydrogen) atoms. The van der Waals surface area contributed by atoms with Crippen LogP contribution in [0.25, 0.3) is 0 Å². The van der Waals surface area contributed by atoms with Crippen molar-refractivity contribution in [1.82, 2.24) is 10.3 Å². The molecule has 1 atom stereocenters. The van der Waals surface area contributed by atoms with Gasteiger partial charge in [0.05, 0.1) is 17.6 Å². The molecule has 3 heteroatoms. The third-order valence-electron chi connectivity index (χ3n) is 3.65. The molecule has 0 aliphatic carbocycles. The highest BCUT2D eigenvalue weighted by Gasteiger charge is 2.14. The molecular weight excluding hydrogens is 222 g/mol. The molecule has 1 aliphatic rings. The van der Waals surface area contributed by atoms with Gasteiger partial charge in [0.15, 0.2) is 0 Å². The van der Waals surface area contributed by atoms with Crippen LogP contribution in [0.5, 0.6) is 0 Å². The van der Waals surface area contributed by atoms with E-state index in [2.05, 4.69) is 41.2 Å². The lowest BCUT2D eigenvalue weighted by Crippen LogP contribution is -2.23. The first-order valence-corrected chi connectivity index (χ1v) is 7.29. The summed E-state index contributed by atoms with van der Waals surface area (Å²) >= 11 is 0. The van der Waals surface area contributed by atoms with Crippen LogP contribution >= 0.6 is 0 Å². The largest absolute Gasteiger partial charge is 0.370 e. The Hall–Kier alpha value is -1.09. The fraction of sp³-hybridized carbons (Fsp3) is 0.667. The third kappa shape index (κ3) is 3.22. The Morgan fingerprint density at radius 2 is 2.06 bits per heavy atom. The van der Waals surface area contributed by atoms with Crippen LogP contribution in [0.15, 0.2) is 18.3 Å². The van der Waals surface area contributed by atoms with Gasteiger partial charge in [-0.25, -0.2) is 0 Å². The Morgan fingerprint density at radius 3 is 2.61 bits per heavy atom. The molecule has 1 saturated heterocycles. The first kappa shape index (κ1) is 13.3. The van der Waals surface area contributed by atoms with Crippen LogP contribution in [0.3, 0.4) is 0 Å². The van der Waals surface area contributed by atoms with Crippen molar-refractivity contribution in [2.45, 2.75) is 45.6 Å². The van der Waals surface area contributed by atoms with E-state index in [-0.39, 0.29) is 0 Å². The molecule has 0 bridgehead atoms. The van der Waals surface area contributed by atoms with E-state index in [1.165, 1.54) is 43.7 Å². The van der Waals surface area contributed by atoms with Crippen LogP contribution in [0.1, 0.15) is 51.3 Å². The molecule has 2 heterocycles. The Bertz CT molecular complexity index is 341. The number of nitrogens with one attached hydrogen (secondary N) is 1. The van der Waals surface area contributed by atoms with Gasteiger partial charge in [0.2, 0.25) is 0 Å². The number of aromatic nitrogens is 1. The van der Waals surface area contributed by atoms with Crippen molar-refractivity contribution >= 4 is 5.69 Å². The van der Waals surface area contributed by atoms with Gasteiger partial charge in [-0.3, -0.25) is 4.98 Å². The van der Waals surface area contributed by atoms with Crippen molar-refractivity contribution in [2.24, 2.45) is 0 Å². The predicted molar refractivity (Wildman–Crippen MR) is 77.0 cm³/mol. The number of nitrogens with zero attached hydrogens (tertiary/aromatic N) is 2. The Labute approximate surface area is 111 Å². The second-order valence-corrected chi connectivity index (χ2v) is 5.05. The SMILES string of the molecule is CCCNC(CC)c1ccc(N2CCCC2)cn1. The first-order chi connectivity index (χ1) is 8.85. The van der Waals surface area contributed by atoms with E-state index in [0.29, 0.717) is 6.04 Å². The zero-order valence-electron chi connectivity index (χ0n) is 11.7. The van der Waals surface area contributed by atoms with E-state index >= 15 is 0 Å². The molecule has 1 unspecified atom stereocenters. The molecule has 0 radical (unpaired) electrons. The maximum atomic E-state index is 4.64. The van der Waals surface area contributed by atoms with Crippen LogP contribution in [0.4, 0.5) is 5.69 Å². The van der Waals surface area contributed by atoms with Gasteiger partial charge in [0.1, 0.15) is 0 Å². The summed E-state index contributed by atoms with van der Waals surface area (Å²) in [4.78, 5) is 7.07. The fourth-order valence-electron chi connectivity index (χ4n) is 2.54. The highest BCUT2D eigenvalue weighted by molar-refractivity contribution is 5.45. The highest BCUT2D eigenvalue weighted by Crippen LogP contribution is 2.21. The number of anilines is 1. The average Bonchev–Trinajstić information content (AvgIpc) is 2.94. The molecule has 1 N–H and O–H groups in total. The molecule has 3 nitrogen and oxygen atoms in total. The van der Waals surface area contributed by atoms with E-state index < -0.39 is 0 Å². The standard InChI is InChI=1S/C15H25N3/c1-3-9-16-14(4-2)15-8-7-13(12-17-15)18-10-5-6-11-18/h7-8,12,14,16H,3-6,9-11H2,1-2H3. The van der Waals surface area contributed by atoms with Crippen molar-refractivity contribution in [3.8, 4) is 0 Å². The van der Waals surface area contributed by atoms with Gasteiger partial charge in [-0.15, -0.1) is 0 Å². The van der Waals surface area contributed by atoms with Gasteiger partial charge in [0, 0.05) is 19.1 Å². The molecular formula is C15H25N3. The van der Waals surface area contributed by atoms with Crippen LogP contribution in [-0.2, 0) is 0 Å². The lowest BCUT2D eigenvalue weighted by molar-refractivity contribution is 0.507. The normalized spacial score (nSPS) is 17.1. The Balaban J connectivity index is 2.00. The molecule has 1 aliphatic heterocycles. The molecule has 0 amide bonds.